The number of carbonyl (C=O) groups excluding carboxylic acids is 1. The van der Waals surface area contributed by atoms with Crippen LogP contribution >= 0.6 is 0 Å². The summed E-state index contributed by atoms with van der Waals surface area (Å²) in [5.74, 6) is 0. The van der Waals surface area contributed by atoms with Crippen molar-refractivity contribution in [1.82, 2.24) is 0 Å². The molecule has 1 amide bonds. The topological polar surface area (TPSA) is 33.9 Å². The summed E-state index contributed by atoms with van der Waals surface area (Å²) in [7, 11) is 0. The predicted molar refractivity (Wildman–Crippen MR) is 24.7 cm³/mol. The van der Waals surface area contributed by atoms with E-state index in [4.69, 9.17) is 0 Å². The van der Waals surface area contributed by atoms with E-state index in [1.54, 1.807) is 12.4 Å². The average Bonchev–Trinajstić information content (AvgIpc) is 2.14. The van der Waals surface area contributed by atoms with E-state index in [1.807, 2.05) is 0 Å². The molecule has 0 saturated heterocycles. The molecule has 0 radical (unpaired) electrons. The van der Waals surface area contributed by atoms with Crippen LogP contribution in [-0.2, 0) is 4.79 Å². The molecular formula is C4H5N2O+. The Hall–Kier alpha value is -0.960. The van der Waals surface area contributed by atoms with Gasteiger partial charge in [0.15, 0.2) is 6.34 Å². The van der Waals surface area contributed by atoms with E-state index in [9.17, 15) is 4.79 Å². The maximum Gasteiger partial charge on any atom is 0.310 e. The lowest BCUT2D eigenvalue weighted by molar-refractivity contribution is -0.634. The molecule has 0 fully saturated rings. The zero-order valence-corrected chi connectivity index (χ0v) is 3.66. The van der Waals surface area contributed by atoms with E-state index in [0.29, 0.717) is 4.90 Å². The van der Waals surface area contributed by atoms with Crippen LogP contribution in [0, 0.1) is 0 Å². The van der Waals surface area contributed by atoms with Crippen LogP contribution in [0.1, 0.15) is 0 Å². The standard InChI is InChI=1S/C4H4N2O/c7-4-6-2-1-5-3-6/h1-4H/p+1. The molecule has 1 aliphatic rings. The molecule has 1 rings (SSSR count). The van der Waals surface area contributed by atoms with Crippen molar-refractivity contribution in [2.24, 2.45) is 4.99 Å². The summed E-state index contributed by atoms with van der Waals surface area (Å²) in [4.78, 5) is 14.1. The molecule has 1 atom stereocenters. The Morgan fingerprint density at radius 2 is 2.57 bits per heavy atom. The number of hydrogen-bond acceptors (Lipinski definition) is 2. The summed E-state index contributed by atoms with van der Waals surface area (Å²) in [6.45, 7) is 0. The minimum absolute atomic E-state index is 0.639. The van der Waals surface area contributed by atoms with Crippen LogP contribution in [0.5, 0.6) is 0 Å². The molecule has 0 saturated carbocycles. The maximum atomic E-state index is 9.83. The van der Waals surface area contributed by atoms with E-state index in [1.165, 1.54) is 6.34 Å². The highest BCUT2D eigenvalue weighted by atomic mass is 16.1. The molecule has 3 heteroatoms. The van der Waals surface area contributed by atoms with Crippen molar-refractivity contribution >= 4 is 12.7 Å². The largest absolute Gasteiger partial charge is 0.310 e. The van der Waals surface area contributed by atoms with Crippen LogP contribution in [-0.4, -0.2) is 12.7 Å². The smallest absolute Gasteiger partial charge is 0.233 e. The second-order valence-electron chi connectivity index (χ2n) is 1.21. The third kappa shape index (κ3) is 0.721. The number of aliphatic imine (C=N–C) groups is 1. The number of nitrogens with one attached hydrogen (secondary N) is 1. The van der Waals surface area contributed by atoms with Crippen molar-refractivity contribution in [3.05, 3.63) is 12.4 Å². The molecule has 36 valence electrons. The fourth-order valence-electron chi connectivity index (χ4n) is 0.371. The fraction of sp³-hybridized carbons (Fsp3) is 0. The highest BCUT2D eigenvalue weighted by Crippen LogP contribution is 1.66. The van der Waals surface area contributed by atoms with E-state index in [0.717, 1.165) is 6.41 Å². The van der Waals surface area contributed by atoms with Gasteiger partial charge in [0, 0.05) is 0 Å². The van der Waals surface area contributed by atoms with Gasteiger partial charge in [-0.05, 0) is 0 Å². The first kappa shape index (κ1) is 4.21. The molecule has 0 spiro atoms. The van der Waals surface area contributed by atoms with Crippen LogP contribution in [0.25, 0.3) is 0 Å². The highest BCUT2D eigenvalue weighted by Gasteiger charge is 1.99. The quantitative estimate of drug-likeness (QED) is 0.399. The lowest BCUT2D eigenvalue weighted by Gasteiger charge is -1.84. The summed E-state index contributed by atoms with van der Waals surface area (Å²) in [6.07, 6.45) is 5.54. The average molecular weight is 97.1 g/mol. The summed E-state index contributed by atoms with van der Waals surface area (Å²) < 4.78 is 0. The first-order valence-electron chi connectivity index (χ1n) is 1.95. The van der Waals surface area contributed by atoms with Crippen LogP contribution < -0.4 is 4.90 Å². The zero-order chi connectivity index (χ0) is 5.11. The Morgan fingerprint density at radius 3 is 2.86 bits per heavy atom. The summed E-state index contributed by atoms with van der Waals surface area (Å²) in [5, 5.41) is 0. The molecule has 1 unspecified atom stereocenters. The van der Waals surface area contributed by atoms with E-state index in [-0.39, 0.29) is 0 Å². The Morgan fingerprint density at radius 1 is 1.71 bits per heavy atom. The molecule has 0 aromatic carbocycles. The first-order chi connectivity index (χ1) is 3.43. The Kier molecular flexibility index (Phi) is 0.997. The lowest BCUT2D eigenvalue weighted by Crippen LogP contribution is -3.04. The van der Waals surface area contributed by atoms with Crippen molar-refractivity contribution in [3.63, 3.8) is 0 Å². The summed E-state index contributed by atoms with van der Waals surface area (Å²) >= 11 is 0. The van der Waals surface area contributed by atoms with Gasteiger partial charge in [-0.2, -0.15) is 0 Å². The van der Waals surface area contributed by atoms with Crippen LogP contribution in [0.3, 0.4) is 0 Å². The molecule has 3 nitrogen and oxygen atoms in total. The second-order valence-corrected chi connectivity index (χ2v) is 1.21. The highest BCUT2D eigenvalue weighted by molar-refractivity contribution is 5.58. The van der Waals surface area contributed by atoms with Gasteiger partial charge in [0.05, 0.1) is 6.20 Å². The number of hydrogen-bond donors (Lipinski definition) is 1. The van der Waals surface area contributed by atoms with Gasteiger partial charge in [0.1, 0.15) is 6.20 Å². The molecule has 0 aromatic rings. The van der Waals surface area contributed by atoms with Gasteiger partial charge in [0.25, 0.3) is 0 Å². The minimum atomic E-state index is 0.639. The van der Waals surface area contributed by atoms with Crippen molar-refractivity contribution in [3.8, 4) is 0 Å². The van der Waals surface area contributed by atoms with Gasteiger partial charge in [-0.1, -0.05) is 0 Å². The molecular weight excluding hydrogens is 92.1 g/mol. The molecule has 0 aliphatic carbocycles. The number of amides is 1. The molecule has 0 aromatic heterocycles. The van der Waals surface area contributed by atoms with Crippen molar-refractivity contribution in [1.29, 1.82) is 0 Å². The number of nitrogens with zero attached hydrogens (tertiary/aromatic N) is 1. The molecule has 1 aliphatic heterocycles. The summed E-state index contributed by atoms with van der Waals surface area (Å²) in [5.41, 5.74) is 0. The van der Waals surface area contributed by atoms with Crippen LogP contribution in [0.15, 0.2) is 17.4 Å². The van der Waals surface area contributed by atoms with Crippen LogP contribution in [0.2, 0.25) is 0 Å². The van der Waals surface area contributed by atoms with Crippen molar-refractivity contribution < 1.29 is 9.69 Å². The fourth-order valence-corrected chi connectivity index (χ4v) is 0.371. The third-order valence-electron chi connectivity index (χ3n) is 0.713. The second kappa shape index (κ2) is 1.66. The maximum absolute atomic E-state index is 9.83. The van der Waals surface area contributed by atoms with Gasteiger partial charge in [-0.15, -0.1) is 0 Å². The molecule has 1 heterocycles. The monoisotopic (exact) mass is 97.0 g/mol. The Bertz CT molecular complexity index is 116. The normalized spacial score (nSPS) is 26.0. The van der Waals surface area contributed by atoms with Gasteiger partial charge >= 0.3 is 6.41 Å². The van der Waals surface area contributed by atoms with Gasteiger partial charge in [-0.3, -0.25) is 0 Å². The van der Waals surface area contributed by atoms with E-state index < -0.39 is 0 Å². The number of quaternary nitrogens is 1. The van der Waals surface area contributed by atoms with Gasteiger partial charge < -0.3 is 0 Å². The lowest BCUT2D eigenvalue weighted by atomic mass is 10.8. The van der Waals surface area contributed by atoms with Gasteiger partial charge in [0.2, 0.25) is 0 Å². The molecule has 1 N–H and O–H groups in total. The number of carbonyl (C=O) groups is 1. The van der Waals surface area contributed by atoms with E-state index >= 15 is 0 Å². The molecule has 7 heavy (non-hydrogen) atoms. The zero-order valence-electron chi connectivity index (χ0n) is 3.66. The van der Waals surface area contributed by atoms with Gasteiger partial charge in [-0.25, -0.2) is 14.7 Å². The van der Waals surface area contributed by atoms with Crippen molar-refractivity contribution in [2.75, 3.05) is 0 Å². The summed E-state index contributed by atoms with van der Waals surface area (Å²) in [6, 6.07) is 0. The predicted octanol–water partition coefficient (Wildman–Crippen LogP) is -1.46. The first-order valence-corrected chi connectivity index (χ1v) is 1.95. The van der Waals surface area contributed by atoms with Crippen molar-refractivity contribution in [2.45, 2.75) is 0 Å². The Balaban J connectivity index is 2.59. The SMILES string of the molecule is O=C[NH+]1C=CN=C1. The Labute approximate surface area is 41.0 Å². The number of rotatable bonds is 1. The molecule has 0 bridgehead atoms. The van der Waals surface area contributed by atoms with E-state index in [2.05, 4.69) is 4.99 Å². The minimum Gasteiger partial charge on any atom is -0.233 e. The third-order valence-corrected chi connectivity index (χ3v) is 0.713. The van der Waals surface area contributed by atoms with Crippen LogP contribution in [0.4, 0.5) is 0 Å².